The van der Waals surface area contributed by atoms with Crippen LogP contribution >= 0.6 is 0 Å². The van der Waals surface area contributed by atoms with Gasteiger partial charge in [-0.1, -0.05) is 0 Å². The molecule has 0 spiro atoms. The molecule has 0 bridgehead atoms. The summed E-state index contributed by atoms with van der Waals surface area (Å²) < 4.78 is 10.7. The zero-order valence-electron chi connectivity index (χ0n) is 12.0. The Morgan fingerprint density at radius 3 is 2.45 bits per heavy atom. The van der Waals surface area contributed by atoms with Gasteiger partial charge in [0.1, 0.15) is 12.2 Å². The van der Waals surface area contributed by atoms with E-state index in [1.165, 1.54) is 0 Å². The molecule has 1 aliphatic heterocycles. The maximum Gasteiger partial charge on any atom is 0.329 e. The molecule has 0 unspecified atom stereocenters. The van der Waals surface area contributed by atoms with Crippen LogP contribution < -0.4 is 5.32 Å². The molecule has 1 saturated carbocycles. The number of hydrogen-bond acceptors (Lipinski definition) is 4. The second-order valence-corrected chi connectivity index (χ2v) is 5.89. The van der Waals surface area contributed by atoms with E-state index in [4.69, 9.17) is 14.6 Å². The summed E-state index contributed by atoms with van der Waals surface area (Å²) in [7, 11) is 1.67. The van der Waals surface area contributed by atoms with Crippen LogP contribution in [0.5, 0.6) is 0 Å². The number of aliphatic carboxylic acids is 1. The normalized spacial score (nSPS) is 22.6. The van der Waals surface area contributed by atoms with Gasteiger partial charge < -0.3 is 24.8 Å². The first-order valence-electron chi connectivity index (χ1n) is 6.82. The topological polar surface area (TPSA) is 88.1 Å². The first-order chi connectivity index (χ1) is 9.38. The predicted octanol–water partition coefficient (Wildman–Crippen LogP) is 0.441. The van der Waals surface area contributed by atoms with Crippen LogP contribution in [0, 0.1) is 0 Å². The Morgan fingerprint density at radius 1 is 1.35 bits per heavy atom. The van der Waals surface area contributed by atoms with Crippen molar-refractivity contribution in [2.24, 2.45) is 0 Å². The Labute approximate surface area is 118 Å². The summed E-state index contributed by atoms with van der Waals surface area (Å²) in [6.45, 7) is 2.81. The lowest BCUT2D eigenvalue weighted by molar-refractivity contribution is -0.159. The fourth-order valence-electron chi connectivity index (χ4n) is 2.60. The van der Waals surface area contributed by atoms with Crippen molar-refractivity contribution >= 4 is 12.0 Å². The number of likely N-dealkylation sites (tertiary alicyclic amines) is 1. The van der Waals surface area contributed by atoms with Crippen LogP contribution in [0.1, 0.15) is 26.2 Å². The number of carbonyl (C=O) groups excluding carboxylic acids is 1. The number of nitrogens with one attached hydrogen (secondary N) is 1. The molecule has 0 aromatic carbocycles. The number of carboxylic acids is 1. The molecular weight excluding hydrogens is 264 g/mol. The minimum absolute atomic E-state index is 0.148. The molecule has 7 nitrogen and oxygen atoms in total. The largest absolute Gasteiger partial charge is 0.480 e. The van der Waals surface area contributed by atoms with Crippen LogP contribution in [-0.4, -0.2) is 66.6 Å². The van der Waals surface area contributed by atoms with Crippen LogP contribution in [0.4, 0.5) is 4.79 Å². The third-order valence-corrected chi connectivity index (χ3v) is 4.14. The number of rotatable bonds is 6. The van der Waals surface area contributed by atoms with Gasteiger partial charge in [-0.15, -0.1) is 0 Å². The summed E-state index contributed by atoms with van der Waals surface area (Å²) in [6, 6.07) is -0.148. The highest BCUT2D eigenvalue weighted by Gasteiger charge is 2.44. The molecular formula is C13H22N2O5. The van der Waals surface area contributed by atoms with E-state index in [2.05, 4.69) is 5.32 Å². The maximum absolute atomic E-state index is 11.9. The summed E-state index contributed by atoms with van der Waals surface area (Å²) in [5.41, 5.74) is -0.741. The zero-order chi connectivity index (χ0) is 14.8. The van der Waals surface area contributed by atoms with Crippen molar-refractivity contribution in [2.75, 3.05) is 33.4 Å². The smallest absolute Gasteiger partial charge is 0.329 e. The first-order valence-corrected chi connectivity index (χ1v) is 6.82. The quantitative estimate of drug-likeness (QED) is 0.739. The molecule has 2 N–H and O–H groups in total. The molecule has 0 aromatic heterocycles. The number of hydrogen-bond donors (Lipinski definition) is 2. The molecule has 2 amide bonds. The molecule has 1 heterocycles. The highest BCUT2D eigenvalue weighted by molar-refractivity contribution is 5.75. The third-order valence-electron chi connectivity index (χ3n) is 4.14. The molecule has 20 heavy (non-hydrogen) atoms. The lowest BCUT2D eigenvalue weighted by Gasteiger charge is -2.47. The average Bonchev–Trinajstić information content (AvgIpc) is 2.32. The maximum atomic E-state index is 11.9. The van der Waals surface area contributed by atoms with E-state index in [-0.39, 0.29) is 18.2 Å². The monoisotopic (exact) mass is 286 g/mol. The van der Waals surface area contributed by atoms with Gasteiger partial charge in [0.15, 0.2) is 0 Å². The Bertz CT molecular complexity index is 383. The lowest BCUT2D eigenvalue weighted by atomic mass is 9.80. The van der Waals surface area contributed by atoms with E-state index in [1.807, 2.05) is 6.92 Å². The van der Waals surface area contributed by atoms with Crippen molar-refractivity contribution in [2.45, 2.75) is 37.4 Å². The Hall–Kier alpha value is -1.34. The molecule has 1 aliphatic carbocycles. The number of urea groups is 1. The van der Waals surface area contributed by atoms with Crippen LogP contribution in [-0.2, 0) is 14.3 Å². The second-order valence-electron chi connectivity index (χ2n) is 5.89. The van der Waals surface area contributed by atoms with Gasteiger partial charge >= 0.3 is 12.0 Å². The summed E-state index contributed by atoms with van der Waals surface area (Å²) >= 11 is 0. The predicted molar refractivity (Wildman–Crippen MR) is 70.6 cm³/mol. The SMILES string of the molecule is COC1(CNC(=O)N2CC(C)(OCC(=O)O)C2)CCC1. The number of nitrogens with zero attached hydrogens (tertiary/aromatic N) is 1. The van der Waals surface area contributed by atoms with Gasteiger partial charge in [0.05, 0.1) is 18.7 Å². The first kappa shape index (κ1) is 15.1. The number of ether oxygens (including phenoxy) is 2. The Morgan fingerprint density at radius 2 is 2.00 bits per heavy atom. The molecule has 1 saturated heterocycles. The summed E-state index contributed by atoms with van der Waals surface area (Å²) in [5, 5.41) is 11.4. The van der Waals surface area contributed by atoms with E-state index < -0.39 is 11.6 Å². The van der Waals surface area contributed by atoms with E-state index in [9.17, 15) is 9.59 Å². The zero-order valence-corrected chi connectivity index (χ0v) is 12.0. The van der Waals surface area contributed by atoms with Crippen molar-refractivity contribution in [3.8, 4) is 0 Å². The minimum Gasteiger partial charge on any atom is -0.480 e. The minimum atomic E-state index is -0.999. The third kappa shape index (κ3) is 3.21. The van der Waals surface area contributed by atoms with Crippen LogP contribution in [0.2, 0.25) is 0 Å². The van der Waals surface area contributed by atoms with E-state index in [0.29, 0.717) is 19.6 Å². The van der Waals surface area contributed by atoms with Crippen LogP contribution in [0.3, 0.4) is 0 Å². The van der Waals surface area contributed by atoms with Gasteiger partial charge in [-0.2, -0.15) is 0 Å². The Balaban J connectivity index is 1.69. The van der Waals surface area contributed by atoms with E-state index >= 15 is 0 Å². The van der Waals surface area contributed by atoms with Gasteiger partial charge in [-0.3, -0.25) is 0 Å². The van der Waals surface area contributed by atoms with Crippen molar-refractivity contribution in [1.29, 1.82) is 0 Å². The van der Waals surface area contributed by atoms with Gasteiger partial charge in [0.25, 0.3) is 0 Å². The van der Waals surface area contributed by atoms with Gasteiger partial charge in [-0.25, -0.2) is 9.59 Å². The molecule has 0 radical (unpaired) electrons. The molecule has 2 aliphatic rings. The van der Waals surface area contributed by atoms with E-state index in [0.717, 1.165) is 19.3 Å². The number of amides is 2. The number of carbonyl (C=O) groups is 2. The van der Waals surface area contributed by atoms with Crippen molar-refractivity contribution in [1.82, 2.24) is 10.2 Å². The van der Waals surface area contributed by atoms with Gasteiger partial charge in [0, 0.05) is 13.7 Å². The number of methoxy groups -OCH3 is 1. The second kappa shape index (κ2) is 5.57. The molecule has 7 heteroatoms. The van der Waals surface area contributed by atoms with Crippen LogP contribution in [0.15, 0.2) is 0 Å². The number of carboxylic acid groups (broad SMARTS) is 1. The van der Waals surface area contributed by atoms with Gasteiger partial charge in [0.2, 0.25) is 0 Å². The highest BCUT2D eigenvalue weighted by atomic mass is 16.5. The molecule has 0 aromatic rings. The molecule has 114 valence electrons. The van der Waals surface area contributed by atoms with E-state index in [1.54, 1.807) is 12.0 Å². The highest BCUT2D eigenvalue weighted by Crippen LogP contribution is 2.34. The van der Waals surface area contributed by atoms with Crippen molar-refractivity contribution < 1.29 is 24.2 Å². The average molecular weight is 286 g/mol. The molecule has 0 atom stereocenters. The fourth-order valence-corrected chi connectivity index (χ4v) is 2.60. The van der Waals surface area contributed by atoms with Crippen molar-refractivity contribution in [3.63, 3.8) is 0 Å². The fraction of sp³-hybridized carbons (Fsp3) is 0.846. The molecule has 2 rings (SSSR count). The van der Waals surface area contributed by atoms with Crippen molar-refractivity contribution in [3.05, 3.63) is 0 Å². The Kier molecular flexibility index (Phi) is 4.19. The summed E-state index contributed by atoms with van der Waals surface area (Å²) in [5.74, 6) is -0.999. The van der Waals surface area contributed by atoms with Gasteiger partial charge in [-0.05, 0) is 26.2 Å². The lowest BCUT2D eigenvalue weighted by Crippen LogP contribution is -2.66. The molecule has 2 fully saturated rings. The summed E-state index contributed by atoms with van der Waals surface area (Å²) in [4.78, 5) is 24.0. The summed E-state index contributed by atoms with van der Waals surface area (Å²) in [6.07, 6.45) is 3.08. The standard InChI is InChI=1S/C13H22N2O5/c1-12(20-6-10(16)17)8-15(9-12)11(18)14-7-13(19-2)4-3-5-13/h3-9H2,1-2H3,(H,14,18)(H,16,17). The van der Waals surface area contributed by atoms with Crippen LogP contribution in [0.25, 0.3) is 0 Å².